The number of rotatable bonds is 2. The molecule has 30 heavy (non-hydrogen) atoms. The molecule has 1 spiro atoms. The molecule has 3 heterocycles. The number of carbonyl (C=O) groups excluding carboxylic acids is 1. The molecule has 3 aliphatic heterocycles. The topological polar surface area (TPSA) is 57.1 Å². The van der Waals surface area contributed by atoms with Gasteiger partial charge < -0.3 is 10.2 Å². The molecule has 4 aliphatic rings. The van der Waals surface area contributed by atoms with Crippen molar-refractivity contribution in [1.82, 2.24) is 5.32 Å². The maximum Gasteiger partial charge on any atom is 0.162 e. The van der Waals surface area contributed by atoms with Crippen LogP contribution in [0.5, 0.6) is 0 Å². The Labute approximate surface area is 179 Å². The molecule has 1 aliphatic carbocycles. The number of fused-ring (bicyclic) bond motifs is 2. The van der Waals surface area contributed by atoms with Crippen molar-refractivity contribution in [1.29, 1.82) is 0 Å². The van der Waals surface area contributed by atoms with E-state index < -0.39 is 0 Å². The van der Waals surface area contributed by atoms with Gasteiger partial charge in [0.05, 0.1) is 11.5 Å². The van der Waals surface area contributed by atoms with Gasteiger partial charge in [-0.1, -0.05) is 52.8 Å². The molecule has 1 fully saturated rings. The molecule has 0 bridgehead atoms. The molecule has 1 saturated heterocycles. The van der Waals surface area contributed by atoms with E-state index in [2.05, 4.69) is 74.2 Å². The lowest BCUT2D eigenvalue weighted by Crippen LogP contribution is -2.63. The zero-order valence-electron chi connectivity index (χ0n) is 18.7. The first-order chi connectivity index (χ1) is 14.1. The third-order valence-electron chi connectivity index (χ3n) is 6.87. The molecule has 1 aromatic rings. The van der Waals surface area contributed by atoms with Crippen molar-refractivity contribution in [2.24, 2.45) is 26.5 Å². The standard InChI is InChI=1S/C25H32N4O/c1-23(2,3)11-18-21-22(28-27-18)26-17-12-24(4,5)13-19(30)20(17)25(21)14-29(15-25)16-9-7-6-8-10-16/h6-10,18,26H,11-15H2,1-5H3. The highest BCUT2D eigenvalue weighted by molar-refractivity contribution is 6.01. The van der Waals surface area contributed by atoms with Gasteiger partial charge >= 0.3 is 0 Å². The maximum atomic E-state index is 13.5. The second-order valence-electron chi connectivity index (χ2n) is 11.5. The molecule has 0 amide bonds. The monoisotopic (exact) mass is 404 g/mol. The lowest BCUT2D eigenvalue weighted by atomic mass is 9.58. The van der Waals surface area contributed by atoms with E-state index in [0.29, 0.717) is 12.2 Å². The average Bonchev–Trinajstić information content (AvgIpc) is 2.98. The van der Waals surface area contributed by atoms with E-state index in [-0.39, 0.29) is 22.3 Å². The molecular formula is C25H32N4O. The first-order valence-electron chi connectivity index (χ1n) is 11.1. The minimum absolute atomic E-state index is 0.0222. The summed E-state index contributed by atoms with van der Waals surface area (Å²) in [5, 5.41) is 12.8. The number of nitrogens with zero attached hydrogens (tertiary/aromatic N) is 3. The van der Waals surface area contributed by atoms with Crippen LogP contribution in [0.3, 0.4) is 0 Å². The van der Waals surface area contributed by atoms with Crippen LogP contribution < -0.4 is 10.2 Å². The van der Waals surface area contributed by atoms with Crippen molar-refractivity contribution in [3.8, 4) is 0 Å². The van der Waals surface area contributed by atoms with Crippen LogP contribution in [0.1, 0.15) is 53.9 Å². The number of hydrogen-bond donors (Lipinski definition) is 1. The summed E-state index contributed by atoms with van der Waals surface area (Å²) >= 11 is 0. The van der Waals surface area contributed by atoms with Gasteiger partial charge in [0, 0.05) is 42.0 Å². The number of benzene rings is 1. The summed E-state index contributed by atoms with van der Waals surface area (Å²) in [5.74, 6) is 1.20. The van der Waals surface area contributed by atoms with Crippen LogP contribution in [0.25, 0.3) is 0 Å². The summed E-state index contributed by atoms with van der Waals surface area (Å²) in [7, 11) is 0. The summed E-state index contributed by atoms with van der Waals surface area (Å²) < 4.78 is 0. The van der Waals surface area contributed by atoms with E-state index in [1.807, 2.05) is 6.07 Å². The fourth-order valence-electron chi connectivity index (χ4n) is 5.77. The van der Waals surface area contributed by atoms with Gasteiger partial charge in [-0.2, -0.15) is 5.11 Å². The number of hydrogen-bond acceptors (Lipinski definition) is 5. The third-order valence-corrected chi connectivity index (χ3v) is 6.87. The molecule has 5 rings (SSSR count). The average molecular weight is 405 g/mol. The smallest absolute Gasteiger partial charge is 0.162 e. The normalized spacial score (nSPS) is 26.5. The Hall–Kier alpha value is -2.43. The Morgan fingerprint density at radius 1 is 1.13 bits per heavy atom. The van der Waals surface area contributed by atoms with Crippen LogP contribution in [0.15, 0.2) is 63.2 Å². The van der Waals surface area contributed by atoms with Crippen LogP contribution in [0.4, 0.5) is 5.69 Å². The fraction of sp³-hybridized carbons (Fsp3) is 0.560. The zero-order valence-corrected chi connectivity index (χ0v) is 18.7. The van der Waals surface area contributed by atoms with E-state index in [0.717, 1.165) is 43.0 Å². The third kappa shape index (κ3) is 3.01. The first-order valence-corrected chi connectivity index (χ1v) is 11.1. The fourth-order valence-corrected chi connectivity index (χ4v) is 5.77. The van der Waals surface area contributed by atoms with Crippen molar-refractivity contribution in [2.75, 3.05) is 18.0 Å². The number of Topliss-reactive ketones (excluding diaryl/α,β-unsaturated/α-hetero) is 1. The Balaban J connectivity index is 1.57. The number of nitrogens with one attached hydrogen (secondary N) is 1. The van der Waals surface area contributed by atoms with Gasteiger partial charge in [0.2, 0.25) is 0 Å². The Morgan fingerprint density at radius 3 is 2.50 bits per heavy atom. The minimum Gasteiger partial charge on any atom is -0.369 e. The SMILES string of the molecule is CC(C)(C)CC1N=NC2=C1C1(CN(c3ccccc3)C1)C1=C(CC(C)(C)CC1=O)N2. The molecule has 1 aromatic carbocycles. The predicted molar refractivity (Wildman–Crippen MR) is 119 cm³/mol. The molecule has 1 N–H and O–H groups in total. The second kappa shape index (κ2) is 6.29. The summed E-state index contributed by atoms with van der Waals surface area (Å²) in [6.07, 6.45) is 2.44. The molecule has 0 aromatic heterocycles. The van der Waals surface area contributed by atoms with Gasteiger partial charge in [-0.25, -0.2) is 0 Å². The van der Waals surface area contributed by atoms with E-state index in [1.54, 1.807) is 0 Å². The summed E-state index contributed by atoms with van der Waals surface area (Å²) in [6.45, 7) is 12.8. The molecule has 5 heteroatoms. The van der Waals surface area contributed by atoms with Crippen molar-refractivity contribution in [3.63, 3.8) is 0 Å². The van der Waals surface area contributed by atoms with Gasteiger partial charge in [-0.3, -0.25) is 4.79 Å². The van der Waals surface area contributed by atoms with E-state index in [4.69, 9.17) is 5.11 Å². The molecule has 1 unspecified atom stereocenters. The molecule has 5 nitrogen and oxygen atoms in total. The Morgan fingerprint density at radius 2 is 1.83 bits per heavy atom. The highest BCUT2D eigenvalue weighted by Crippen LogP contribution is 2.57. The van der Waals surface area contributed by atoms with Crippen molar-refractivity contribution in [2.45, 2.75) is 59.9 Å². The van der Waals surface area contributed by atoms with E-state index >= 15 is 0 Å². The molecule has 0 radical (unpaired) electrons. The van der Waals surface area contributed by atoms with Gasteiger partial charge in [0.15, 0.2) is 11.6 Å². The van der Waals surface area contributed by atoms with E-state index in [1.165, 1.54) is 11.3 Å². The Kier molecular flexibility index (Phi) is 4.09. The largest absolute Gasteiger partial charge is 0.369 e. The molecular weight excluding hydrogens is 372 g/mol. The molecule has 158 valence electrons. The van der Waals surface area contributed by atoms with Crippen LogP contribution in [-0.2, 0) is 4.79 Å². The first kappa shape index (κ1) is 19.5. The lowest BCUT2D eigenvalue weighted by Gasteiger charge is -2.57. The maximum absolute atomic E-state index is 13.5. The minimum atomic E-state index is -0.265. The van der Waals surface area contributed by atoms with Crippen LogP contribution >= 0.6 is 0 Å². The highest BCUT2D eigenvalue weighted by atomic mass is 16.1. The van der Waals surface area contributed by atoms with Gasteiger partial charge in [-0.15, -0.1) is 5.11 Å². The summed E-state index contributed by atoms with van der Waals surface area (Å²) in [6, 6.07) is 10.6. The number of allylic oxidation sites excluding steroid dienone is 1. The van der Waals surface area contributed by atoms with Gasteiger partial charge in [0.25, 0.3) is 0 Å². The van der Waals surface area contributed by atoms with Crippen molar-refractivity contribution >= 4 is 11.5 Å². The van der Waals surface area contributed by atoms with Crippen LogP contribution in [0.2, 0.25) is 0 Å². The summed E-state index contributed by atoms with van der Waals surface area (Å²) in [5.41, 5.74) is 4.41. The van der Waals surface area contributed by atoms with Gasteiger partial charge in [0.1, 0.15) is 0 Å². The molecule has 1 atom stereocenters. The highest BCUT2D eigenvalue weighted by Gasteiger charge is 2.59. The molecule has 0 saturated carbocycles. The number of ketones is 1. The summed E-state index contributed by atoms with van der Waals surface area (Å²) in [4.78, 5) is 15.9. The van der Waals surface area contributed by atoms with Crippen LogP contribution in [0, 0.1) is 16.2 Å². The zero-order chi connectivity index (χ0) is 21.3. The Bertz CT molecular complexity index is 988. The second-order valence-corrected chi connectivity index (χ2v) is 11.5. The number of carbonyl (C=O) groups is 1. The van der Waals surface area contributed by atoms with Crippen molar-refractivity contribution < 1.29 is 4.79 Å². The number of para-hydroxylation sites is 1. The quantitative estimate of drug-likeness (QED) is 0.735. The lowest BCUT2D eigenvalue weighted by molar-refractivity contribution is -0.119. The number of anilines is 1. The van der Waals surface area contributed by atoms with Crippen molar-refractivity contribution in [3.05, 3.63) is 53.0 Å². The van der Waals surface area contributed by atoms with Gasteiger partial charge in [-0.05, 0) is 35.8 Å². The van der Waals surface area contributed by atoms with Crippen LogP contribution in [-0.4, -0.2) is 24.9 Å². The number of azo groups is 1. The van der Waals surface area contributed by atoms with E-state index in [9.17, 15) is 4.79 Å². The number of dihydropyridines is 1. The predicted octanol–water partition coefficient (Wildman–Crippen LogP) is 5.22.